The molecule has 1 aromatic heterocycles. The summed E-state index contributed by atoms with van der Waals surface area (Å²) in [4.78, 5) is 16.5. The van der Waals surface area contributed by atoms with Crippen LogP contribution in [0.5, 0.6) is 0 Å². The Bertz CT molecular complexity index is 675. The van der Waals surface area contributed by atoms with Gasteiger partial charge in [0.25, 0.3) is 5.91 Å². The molecule has 1 aliphatic carbocycles. The zero-order valence-electron chi connectivity index (χ0n) is 13.5. The smallest absolute Gasteiger partial charge is 0.276 e. The van der Waals surface area contributed by atoms with E-state index in [1.165, 1.54) is 6.26 Å². The van der Waals surface area contributed by atoms with Crippen LogP contribution in [0.4, 0.5) is 0 Å². The minimum Gasteiger partial charge on any atom is -0.360 e. The molecule has 0 unspecified atom stereocenters. The highest BCUT2D eigenvalue weighted by Gasteiger charge is 2.29. The molecule has 1 saturated heterocycles. The van der Waals surface area contributed by atoms with E-state index in [9.17, 15) is 13.2 Å². The molecule has 0 radical (unpaired) electrons. The highest BCUT2D eigenvalue weighted by molar-refractivity contribution is 7.90. The molecule has 8 heteroatoms. The van der Waals surface area contributed by atoms with Crippen LogP contribution >= 0.6 is 0 Å². The van der Waals surface area contributed by atoms with Crippen LogP contribution in [-0.4, -0.2) is 74.0 Å². The van der Waals surface area contributed by atoms with Crippen LogP contribution in [0.1, 0.15) is 34.7 Å². The number of aromatic nitrogens is 1. The van der Waals surface area contributed by atoms with Gasteiger partial charge in [0.05, 0.1) is 5.75 Å². The van der Waals surface area contributed by atoms with E-state index in [0.717, 1.165) is 37.0 Å². The van der Waals surface area contributed by atoms with Gasteiger partial charge in [0.1, 0.15) is 15.6 Å². The van der Waals surface area contributed by atoms with Crippen molar-refractivity contribution in [3.05, 3.63) is 17.0 Å². The van der Waals surface area contributed by atoms with Crippen LogP contribution in [0, 0.1) is 0 Å². The summed E-state index contributed by atoms with van der Waals surface area (Å²) in [5.74, 6) is 0.976. The fourth-order valence-electron chi connectivity index (χ4n) is 3.17. The molecule has 0 bridgehead atoms. The lowest BCUT2D eigenvalue weighted by Crippen LogP contribution is -2.49. The van der Waals surface area contributed by atoms with Crippen molar-refractivity contribution in [2.45, 2.75) is 25.7 Å². The first-order valence-electron chi connectivity index (χ1n) is 8.11. The van der Waals surface area contributed by atoms with Crippen molar-refractivity contribution in [3.63, 3.8) is 0 Å². The topological polar surface area (TPSA) is 83.7 Å². The summed E-state index contributed by atoms with van der Waals surface area (Å²) < 4.78 is 27.8. The lowest BCUT2D eigenvalue weighted by Gasteiger charge is -2.34. The number of piperazine rings is 1. The molecule has 0 aromatic carbocycles. The predicted molar refractivity (Wildman–Crippen MR) is 85.2 cm³/mol. The second-order valence-electron chi connectivity index (χ2n) is 6.40. The molecule has 2 heterocycles. The van der Waals surface area contributed by atoms with Gasteiger partial charge in [-0.25, -0.2) is 8.42 Å². The highest BCUT2D eigenvalue weighted by atomic mass is 32.2. The number of hydrogen-bond donors (Lipinski definition) is 0. The quantitative estimate of drug-likeness (QED) is 0.786. The first kappa shape index (κ1) is 16.4. The third-order valence-corrected chi connectivity index (χ3v) is 5.51. The normalized spacial score (nSPS) is 19.6. The third-order valence-electron chi connectivity index (χ3n) is 4.59. The third kappa shape index (κ3) is 3.92. The Labute approximate surface area is 136 Å². The van der Waals surface area contributed by atoms with Crippen molar-refractivity contribution in [3.8, 4) is 0 Å². The van der Waals surface area contributed by atoms with Crippen LogP contribution in [0.15, 0.2) is 4.52 Å². The molecule has 0 spiro atoms. The van der Waals surface area contributed by atoms with Crippen LogP contribution < -0.4 is 0 Å². The van der Waals surface area contributed by atoms with Gasteiger partial charge < -0.3 is 9.42 Å². The Morgan fingerprint density at radius 3 is 2.57 bits per heavy atom. The SMILES string of the molecule is CS(=O)(=O)CCN1CCN(C(=O)c2noc3c2CCCC3)CC1. The van der Waals surface area contributed by atoms with E-state index >= 15 is 0 Å². The molecule has 0 saturated carbocycles. The molecule has 1 fully saturated rings. The van der Waals surface area contributed by atoms with E-state index in [1.54, 1.807) is 4.90 Å². The van der Waals surface area contributed by atoms with Crippen LogP contribution in [0.25, 0.3) is 0 Å². The summed E-state index contributed by atoms with van der Waals surface area (Å²) in [6.07, 6.45) is 5.16. The van der Waals surface area contributed by atoms with Gasteiger partial charge >= 0.3 is 0 Å². The van der Waals surface area contributed by atoms with Crippen molar-refractivity contribution in [2.24, 2.45) is 0 Å². The summed E-state index contributed by atoms with van der Waals surface area (Å²) in [5, 5.41) is 4.00. The minimum absolute atomic E-state index is 0.0559. The molecule has 128 valence electrons. The van der Waals surface area contributed by atoms with E-state index < -0.39 is 9.84 Å². The van der Waals surface area contributed by atoms with Gasteiger partial charge in [0, 0.05) is 51.0 Å². The lowest BCUT2D eigenvalue weighted by molar-refractivity contribution is 0.0633. The number of fused-ring (bicyclic) bond motifs is 1. The number of aryl methyl sites for hydroxylation is 1. The second kappa shape index (κ2) is 6.60. The predicted octanol–water partition coefficient (Wildman–Crippen LogP) is 0.356. The van der Waals surface area contributed by atoms with Gasteiger partial charge in [0.15, 0.2) is 5.69 Å². The standard InChI is InChI=1S/C15H23N3O4S/c1-23(20,21)11-10-17-6-8-18(9-7-17)15(19)14-12-4-2-3-5-13(12)22-16-14/h2-11H2,1H3. The number of hydrogen-bond acceptors (Lipinski definition) is 6. The van der Waals surface area contributed by atoms with Gasteiger partial charge in [0.2, 0.25) is 0 Å². The number of sulfone groups is 1. The van der Waals surface area contributed by atoms with E-state index in [1.807, 2.05) is 0 Å². The fraction of sp³-hybridized carbons (Fsp3) is 0.733. The Morgan fingerprint density at radius 1 is 1.17 bits per heavy atom. The van der Waals surface area contributed by atoms with E-state index in [4.69, 9.17) is 4.52 Å². The molecular formula is C15H23N3O4S. The van der Waals surface area contributed by atoms with Gasteiger partial charge in [-0.05, 0) is 19.3 Å². The van der Waals surface area contributed by atoms with Gasteiger partial charge in [-0.1, -0.05) is 5.16 Å². The maximum absolute atomic E-state index is 12.6. The van der Waals surface area contributed by atoms with E-state index in [-0.39, 0.29) is 11.7 Å². The largest absolute Gasteiger partial charge is 0.360 e. The number of nitrogens with zero attached hydrogens (tertiary/aromatic N) is 3. The molecule has 0 atom stereocenters. The zero-order valence-corrected chi connectivity index (χ0v) is 14.3. The highest BCUT2D eigenvalue weighted by Crippen LogP contribution is 2.25. The van der Waals surface area contributed by atoms with Crippen molar-refractivity contribution < 1.29 is 17.7 Å². The zero-order chi connectivity index (χ0) is 16.4. The fourth-order valence-corrected chi connectivity index (χ4v) is 3.76. The van der Waals surface area contributed by atoms with E-state index in [0.29, 0.717) is 38.4 Å². The second-order valence-corrected chi connectivity index (χ2v) is 8.66. The first-order chi connectivity index (χ1) is 10.9. The molecule has 2 aliphatic rings. The molecular weight excluding hydrogens is 318 g/mol. The number of carbonyl (C=O) groups is 1. The average molecular weight is 341 g/mol. The van der Waals surface area contributed by atoms with Crippen molar-refractivity contribution in [1.82, 2.24) is 15.0 Å². The Morgan fingerprint density at radius 2 is 1.87 bits per heavy atom. The molecule has 1 aromatic rings. The minimum atomic E-state index is -2.94. The molecule has 1 amide bonds. The Kier molecular flexibility index (Phi) is 4.72. The monoisotopic (exact) mass is 341 g/mol. The summed E-state index contributed by atoms with van der Waals surface area (Å²) >= 11 is 0. The van der Waals surface area contributed by atoms with E-state index in [2.05, 4.69) is 10.1 Å². The maximum atomic E-state index is 12.6. The van der Waals surface area contributed by atoms with Crippen LogP contribution in [0.3, 0.4) is 0 Å². The van der Waals surface area contributed by atoms with Crippen LogP contribution in [0.2, 0.25) is 0 Å². The van der Waals surface area contributed by atoms with Crippen LogP contribution in [-0.2, 0) is 22.7 Å². The summed E-state index contributed by atoms with van der Waals surface area (Å²) in [5.41, 5.74) is 1.46. The number of carbonyl (C=O) groups excluding carboxylic acids is 1. The average Bonchev–Trinajstić information content (AvgIpc) is 2.96. The summed E-state index contributed by atoms with van der Waals surface area (Å²) in [7, 11) is -2.94. The summed E-state index contributed by atoms with van der Waals surface area (Å²) in [6.45, 7) is 3.12. The van der Waals surface area contributed by atoms with Crippen molar-refractivity contribution in [2.75, 3.05) is 44.7 Å². The van der Waals surface area contributed by atoms with Gasteiger partial charge in [-0.15, -0.1) is 0 Å². The van der Waals surface area contributed by atoms with Crippen molar-refractivity contribution in [1.29, 1.82) is 0 Å². The lowest BCUT2D eigenvalue weighted by atomic mass is 9.96. The van der Waals surface area contributed by atoms with Crippen molar-refractivity contribution >= 4 is 15.7 Å². The molecule has 3 rings (SSSR count). The summed E-state index contributed by atoms with van der Waals surface area (Å²) in [6, 6.07) is 0. The number of amides is 1. The molecule has 7 nitrogen and oxygen atoms in total. The molecule has 23 heavy (non-hydrogen) atoms. The molecule has 1 aliphatic heterocycles. The first-order valence-corrected chi connectivity index (χ1v) is 10.2. The Hall–Kier alpha value is -1.41. The van der Waals surface area contributed by atoms with Gasteiger partial charge in [-0.3, -0.25) is 9.69 Å². The Balaban J connectivity index is 1.57. The number of rotatable bonds is 4. The molecule has 0 N–H and O–H groups in total. The maximum Gasteiger partial charge on any atom is 0.276 e. The van der Waals surface area contributed by atoms with Gasteiger partial charge in [-0.2, -0.15) is 0 Å².